The van der Waals surface area contributed by atoms with Gasteiger partial charge in [-0.3, -0.25) is 0 Å². The highest BCUT2D eigenvalue weighted by Gasteiger charge is 2.21. The lowest BCUT2D eigenvalue weighted by Gasteiger charge is -2.26. The summed E-state index contributed by atoms with van der Waals surface area (Å²) in [5.41, 5.74) is 2.53. The maximum absolute atomic E-state index is 5.60. The molecule has 3 heteroatoms. The molecule has 0 radical (unpaired) electrons. The summed E-state index contributed by atoms with van der Waals surface area (Å²) >= 11 is 0. The van der Waals surface area contributed by atoms with E-state index in [1.54, 1.807) is 14.2 Å². The Labute approximate surface area is 116 Å². The summed E-state index contributed by atoms with van der Waals surface area (Å²) in [6, 6.07) is 4.34. The van der Waals surface area contributed by atoms with Gasteiger partial charge in [-0.2, -0.15) is 0 Å². The molecule has 0 amide bonds. The predicted octanol–water partition coefficient (Wildman–Crippen LogP) is 3.12. The minimum Gasteiger partial charge on any atom is -0.496 e. The number of methoxy groups -OCH3 is 2. The van der Waals surface area contributed by atoms with E-state index < -0.39 is 0 Å². The molecule has 0 aromatic heterocycles. The van der Waals surface area contributed by atoms with Crippen LogP contribution in [-0.2, 0) is 6.42 Å². The first kappa shape index (κ1) is 14.2. The Hall–Kier alpha value is -1.22. The lowest BCUT2D eigenvalue weighted by Crippen LogP contribution is -2.28. The van der Waals surface area contributed by atoms with Gasteiger partial charge in [-0.25, -0.2) is 0 Å². The van der Waals surface area contributed by atoms with Gasteiger partial charge in [0.1, 0.15) is 11.5 Å². The van der Waals surface area contributed by atoms with E-state index in [1.165, 1.54) is 24.0 Å². The number of nitrogens with one attached hydrogen (secondary N) is 1. The first-order valence-electron chi connectivity index (χ1n) is 7.25. The number of hydrogen-bond acceptors (Lipinski definition) is 3. The first-order chi connectivity index (χ1) is 9.30. The van der Waals surface area contributed by atoms with Crippen molar-refractivity contribution in [1.82, 2.24) is 5.32 Å². The Morgan fingerprint density at radius 2 is 2.00 bits per heavy atom. The predicted molar refractivity (Wildman–Crippen MR) is 78.4 cm³/mol. The summed E-state index contributed by atoms with van der Waals surface area (Å²) in [4.78, 5) is 0. The lowest BCUT2D eigenvalue weighted by atomic mass is 9.89. The van der Waals surface area contributed by atoms with Gasteiger partial charge in [0.05, 0.1) is 14.2 Å². The zero-order valence-corrected chi connectivity index (χ0v) is 12.3. The van der Waals surface area contributed by atoms with Crippen molar-refractivity contribution in [3.05, 3.63) is 23.3 Å². The highest BCUT2D eigenvalue weighted by Crippen LogP contribution is 2.36. The summed E-state index contributed by atoms with van der Waals surface area (Å²) in [6.45, 7) is 4.35. The molecule has 1 aliphatic rings. The van der Waals surface area contributed by atoms with Crippen LogP contribution in [0.4, 0.5) is 0 Å². The normalized spacial score (nSPS) is 19.2. The Bertz CT molecular complexity index is 411. The highest BCUT2D eigenvalue weighted by molar-refractivity contribution is 5.48. The van der Waals surface area contributed by atoms with Crippen LogP contribution in [-0.4, -0.2) is 27.3 Å². The van der Waals surface area contributed by atoms with Gasteiger partial charge in [0.15, 0.2) is 0 Å². The molecule has 1 saturated heterocycles. The third kappa shape index (κ3) is 3.21. The molecule has 0 spiro atoms. The van der Waals surface area contributed by atoms with E-state index in [1.807, 2.05) is 0 Å². The minimum atomic E-state index is 0.535. The zero-order valence-electron chi connectivity index (χ0n) is 12.3. The second-order valence-electron chi connectivity index (χ2n) is 5.20. The SMILES string of the molecule is CCCc1cc(OC)c(C2CCCNC2)cc1OC. The number of ether oxygens (including phenoxy) is 2. The maximum atomic E-state index is 5.60. The second-order valence-corrected chi connectivity index (χ2v) is 5.20. The number of benzene rings is 1. The summed E-state index contributed by atoms with van der Waals surface area (Å²) in [7, 11) is 3.52. The number of piperidine rings is 1. The summed E-state index contributed by atoms with van der Waals surface area (Å²) in [6.07, 6.45) is 4.60. The van der Waals surface area contributed by atoms with Gasteiger partial charge in [0, 0.05) is 18.0 Å². The number of aryl methyl sites for hydroxylation is 1. The molecule has 1 fully saturated rings. The van der Waals surface area contributed by atoms with E-state index in [0.717, 1.165) is 37.4 Å². The van der Waals surface area contributed by atoms with E-state index in [9.17, 15) is 0 Å². The van der Waals surface area contributed by atoms with Gasteiger partial charge in [-0.1, -0.05) is 13.3 Å². The van der Waals surface area contributed by atoms with Gasteiger partial charge in [-0.05, 0) is 43.5 Å². The molecule has 3 nitrogen and oxygen atoms in total. The van der Waals surface area contributed by atoms with Crippen LogP contribution < -0.4 is 14.8 Å². The van der Waals surface area contributed by atoms with Crippen LogP contribution in [0.15, 0.2) is 12.1 Å². The maximum Gasteiger partial charge on any atom is 0.122 e. The molecule has 1 atom stereocenters. The number of rotatable bonds is 5. The van der Waals surface area contributed by atoms with Crippen molar-refractivity contribution in [1.29, 1.82) is 0 Å². The van der Waals surface area contributed by atoms with E-state index >= 15 is 0 Å². The second kappa shape index (κ2) is 6.80. The molecular formula is C16H25NO2. The first-order valence-corrected chi connectivity index (χ1v) is 7.25. The molecule has 2 rings (SSSR count). The number of hydrogen-bond donors (Lipinski definition) is 1. The molecule has 106 valence electrons. The Balaban J connectivity index is 2.35. The van der Waals surface area contributed by atoms with E-state index in [0.29, 0.717) is 5.92 Å². The lowest BCUT2D eigenvalue weighted by molar-refractivity contribution is 0.381. The molecule has 1 aromatic rings. The van der Waals surface area contributed by atoms with Crippen molar-refractivity contribution in [3.8, 4) is 11.5 Å². The molecule has 1 heterocycles. The molecule has 1 aliphatic heterocycles. The Kier molecular flexibility index (Phi) is 5.08. The van der Waals surface area contributed by atoms with Gasteiger partial charge in [0.2, 0.25) is 0 Å². The largest absolute Gasteiger partial charge is 0.496 e. The van der Waals surface area contributed by atoms with Crippen molar-refractivity contribution in [2.75, 3.05) is 27.3 Å². The zero-order chi connectivity index (χ0) is 13.7. The van der Waals surface area contributed by atoms with Crippen molar-refractivity contribution in [3.63, 3.8) is 0 Å². The van der Waals surface area contributed by atoms with Crippen molar-refractivity contribution < 1.29 is 9.47 Å². The third-order valence-corrected chi connectivity index (χ3v) is 3.89. The van der Waals surface area contributed by atoms with E-state index in [4.69, 9.17) is 9.47 Å². The van der Waals surface area contributed by atoms with Crippen molar-refractivity contribution in [2.24, 2.45) is 0 Å². The van der Waals surface area contributed by atoms with Gasteiger partial charge < -0.3 is 14.8 Å². The molecule has 0 aliphatic carbocycles. The fraction of sp³-hybridized carbons (Fsp3) is 0.625. The quantitative estimate of drug-likeness (QED) is 0.885. The van der Waals surface area contributed by atoms with Crippen LogP contribution in [0.1, 0.15) is 43.2 Å². The molecule has 19 heavy (non-hydrogen) atoms. The third-order valence-electron chi connectivity index (χ3n) is 3.89. The van der Waals surface area contributed by atoms with Gasteiger partial charge in [0.25, 0.3) is 0 Å². The summed E-state index contributed by atoms with van der Waals surface area (Å²) in [5, 5.41) is 3.47. The summed E-state index contributed by atoms with van der Waals surface area (Å²) < 4.78 is 11.2. The van der Waals surface area contributed by atoms with Crippen LogP contribution >= 0.6 is 0 Å². The molecular weight excluding hydrogens is 238 g/mol. The average Bonchev–Trinajstić information content (AvgIpc) is 2.48. The minimum absolute atomic E-state index is 0.535. The van der Waals surface area contributed by atoms with Crippen LogP contribution in [0.5, 0.6) is 11.5 Å². The van der Waals surface area contributed by atoms with Gasteiger partial charge >= 0.3 is 0 Å². The van der Waals surface area contributed by atoms with Crippen LogP contribution in [0.25, 0.3) is 0 Å². The average molecular weight is 263 g/mol. The van der Waals surface area contributed by atoms with E-state index in [2.05, 4.69) is 24.4 Å². The highest BCUT2D eigenvalue weighted by atomic mass is 16.5. The Morgan fingerprint density at radius 1 is 1.21 bits per heavy atom. The molecule has 1 aromatic carbocycles. The molecule has 0 bridgehead atoms. The molecule has 1 N–H and O–H groups in total. The fourth-order valence-electron chi connectivity index (χ4n) is 2.89. The van der Waals surface area contributed by atoms with Gasteiger partial charge in [-0.15, -0.1) is 0 Å². The van der Waals surface area contributed by atoms with Crippen molar-refractivity contribution in [2.45, 2.75) is 38.5 Å². The van der Waals surface area contributed by atoms with E-state index in [-0.39, 0.29) is 0 Å². The standard InChI is InChI=1S/C16H25NO2/c1-4-6-12-9-16(19-3)14(10-15(12)18-2)13-7-5-8-17-11-13/h9-10,13,17H,4-8,11H2,1-3H3. The fourth-order valence-corrected chi connectivity index (χ4v) is 2.89. The van der Waals surface area contributed by atoms with Crippen LogP contribution in [0, 0.1) is 0 Å². The summed E-state index contributed by atoms with van der Waals surface area (Å²) in [5.74, 6) is 2.55. The van der Waals surface area contributed by atoms with Crippen LogP contribution in [0.3, 0.4) is 0 Å². The smallest absolute Gasteiger partial charge is 0.122 e. The monoisotopic (exact) mass is 263 g/mol. The van der Waals surface area contributed by atoms with Crippen molar-refractivity contribution >= 4 is 0 Å². The van der Waals surface area contributed by atoms with Crippen LogP contribution in [0.2, 0.25) is 0 Å². The molecule has 0 saturated carbocycles. The topological polar surface area (TPSA) is 30.5 Å². The Morgan fingerprint density at radius 3 is 2.58 bits per heavy atom. The molecule has 1 unspecified atom stereocenters.